The number of ether oxygens (including phenoxy) is 2. The summed E-state index contributed by atoms with van der Waals surface area (Å²) in [5, 5.41) is 21.2. The van der Waals surface area contributed by atoms with Gasteiger partial charge in [0.15, 0.2) is 6.29 Å². The molecular weight excluding hydrogens is 556 g/mol. The number of amides is 1. The summed E-state index contributed by atoms with van der Waals surface area (Å²) >= 11 is 0. The van der Waals surface area contributed by atoms with Crippen LogP contribution in [0.25, 0.3) is 0 Å². The Balaban J connectivity index is 1.38. The van der Waals surface area contributed by atoms with Crippen LogP contribution >= 0.6 is 0 Å². The Morgan fingerprint density at radius 3 is 2.02 bits per heavy atom. The van der Waals surface area contributed by atoms with Crippen molar-refractivity contribution < 1.29 is 29.3 Å². The van der Waals surface area contributed by atoms with Crippen LogP contribution in [-0.2, 0) is 38.8 Å². The van der Waals surface area contributed by atoms with E-state index in [0.717, 1.165) is 29.8 Å². The molecule has 4 aromatic carbocycles. The monoisotopic (exact) mass is 594 g/mol. The Bertz CT molecular complexity index is 1450. The molecule has 1 aliphatic heterocycles. The third-order valence-corrected chi connectivity index (χ3v) is 7.58. The number of anilines is 1. The van der Waals surface area contributed by atoms with Crippen LogP contribution in [0.5, 0.6) is 0 Å². The average molecular weight is 595 g/mol. The molecule has 1 aliphatic rings. The predicted octanol–water partition coefficient (Wildman–Crippen LogP) is 6.23. The number of aliphatic hydroxyl groups is 1. The van der Waals surface area contributed by atoms with E-state index in [1.165, 1.54) is 11.1 Å². The van der Waals surface area contributed by atoms with Crippen molar-refractivity contribution in [2.75, 3.05) is 11.9 Å². The van der Waals surface area contributed by atoms with Gasteiger partial charge in [-0.15, -0.1) is 0 Å². The van der Waals surface area contributed by atoms with E-state index < -0.39 is 12.3 Å². The van der Waals surface area contributed by atoms with Crippen molar-refractivity contribution in [1.82, 2.24) is 4.90 Å². The van der Waals surface area contributed by atoms with Crippen molar-refractivity contribution in [2.45, 2.75) is 57.5 Å². The number of rotatable bonds is 13. The maximum Gasteiger partial charge on any atom is 0.303 e. The summed E-state index contributed by atoms with van der Waals surface area (Å²) in [7, 11) is 0. The van der Waals surface area contributed by atoms with Gasteiger partial charge < -0.3 is 25.0 Å². The van der Waals surface area contributed by atoms with E-state index >= 15 is 0 Å². The number of nitrogens with zero attached hydrogens (tertiary/aromatic N) is 1. The van der Waals surface area contributed by atoms with Gasteiger partial charge in [0.2, 0.25) is 5.91 Å². The zero-order valence-electron chi connectivity index (χ0n) is 24.5. The van der Waals surface area contributed by atoms with E-state index in [2.05, 4.69) is 58.7 Å². The van der Waals surface area contributed by atoms with Crippen LogP contribution < -0.4 is 5.32 Å². The van der Waals surface area contributed by atoms with Crippen LogP contribution in [-0.4, -0.2) is 39.6 Å². The van der Waals surface area contributed by atoms with Gasteiger partial charge in [-0.2, -0.15) is 0 Å². The SMILES string of the molecule is O=C(O)CCC(=O)Nc1cccc([C@@H]2O[C@H](CN(Cc3ccccc3)Cc3ccccc3)C[C@H](c3ccc(CO)cc3)O2)c1. The summed E-state index contributed by atoms with van der Waals surface area (Å²) in [6.45, 7) is 2.16. The molecule has 0 aromatic heterocycles. The number of carboxylic acid groups (broad SMARTS) is 1. The lowest BCUT2D eigenvalue weighted by atomic mass is 9.99. The highest BCUT2D eigenvalue weighted by atomic mass is 16.7. The molecule has 228 valence electrons. The second-order valence-electron chi connectivity index (χ2n) is 11.1. The topological polar surface area (TPSA) is 108 Å². The van der Waals surface area contributed by atoms with Crippen LogP contribution in [0.15, 0.2) is 109 Å². The van der Waals surface area contributed by atoms with E-state index in [1.807, 2.05) is 54.6 Å². The minimum atomic E-state index is -1.02. The van der Waals surface area contributed by atoms with Crippen molar-refractivity contribution in [3.05, 3.63) is 137 Å². The molecule has 3 atom stereocenters. The lowest BCUT2D eigenvalue weighted by Crippen LogP contribution is -2.39. The second kappa shape index (κ2) is 15.4. The fourth-order valence-corrected chi connectivity index (χ4v) is 5.40. The largest absolute Gasteiger partial charge is 0.481 e. The Hall–Kier alpha value is -4.34. The highest BCUT2D eigenvalue weighted by Crippen LogP contribution is 2.39. The lowest BCUT2D eigenvalue weighted by Gasteiger charge is -2.38. The van der Waals surface area contributed by atoms with Gasteiger partial charge in [-0.1, -0.05) is 97.1 Å². The normalized spacial score (nSPS) is 18.2. The molecule has 0 saturated carbocycles. The molecule has 1 heterocycles. The Morgan fingerprint density at radius 1 is 0.750 bits per heavy atom. The molecule has 4 aromatic rings. The first-order valence-corrected chi connectivity index (χ1v) is 14.9. The molecule has 5 rings (SSSR count). The molecule has 3 N–H and O–H groups in total. The number of benzene rings is 4. The van der Waals surface area contributed by atoms with E-state index in [1.54, 1.807) is 6.07 Å². The first-order chi connectivity index (χ1) is 21.4. The second-order valence-corrected chi connectivity index (χ2v) is 11.1. The number of hydrogen-bond donors (Lipinski definition) is 3. The molecule has 44 heavy (non-hydrogen) atoms. The maximum absolute atomic E-state index is 12.3. The number of hydrogen-bond acceptors (Lipinski definition) is 6. The van der Waals surface area contributed by atoms with Crippen LogP contribution in [0.4, 0.5) is 5.69 Å². The minimum absolute atomic E-state index is 0.0287. The van der Waals surface area contributed by atoms with Gasteiger partial charge in [-0.05, 0) is 34.4 Å². The molecule has 8 nitrogen and oxygen atoms in total. The van der Waals surface area contributed by atoms with Gasteiger partial charge >= 0.3 is 5.97 Å². The molecule has 0 radical (unpaired) electrons. The van der Waals surface area contributed by atoms with Crippen molar-refractivity contribution in [3.8, 4) is 0 Å². The Kier molecular flexibility index (Phi) is 10.9. The summed E-state index contributed by atoms with van der Waals surface area (Å²) in [6, 6.07) is 35.9. The van der Waals surface area contributed by atoms with Crippen LogP contribution in [0, 0.1) is 0 Å². The third kappa shape index (κ3) is 9.08. The van der Waals surface area contributed by atoms with Gasteiger partial charge in [-0.3, -0.25) is 14.5 Å². The first kappa shape index (κ1) is 31.1. The maximum atomic E-state index is 12.3. The molecule has 0 unspecified atom stereocenters. The molecule has 1 fully saturated rings. The summed E-state index contributed by atoms with van der Waals surface area (Å²) < 4.78 is 13.1. The average Bonchev–Trinajstić information content (AvgIpc) is 3.05. The van der Waals surface area contributed by atoms with Gasteiger partial charge in [0.05, 0.1) is 25.2 Å². The molecule has 0 spiro atoms. The van der Waals surface area contributed by atoms with Gasteiger partial charge in [0.25, 0.3) is 0 Å². The first-order valence-electron chi connectivity index (χ1n) is 14.9. The molecule has 0 bridgehead atoms. The minimum Gasteiger partial charge on any atom is -0.481 e. The molecule has 1 saturated heterocycles. The van der Waals surface area contributed by atoms with E-state index in [9.17, 15) is 14.7 Å². The lowest BCUT2D eigenvalue weighted by molar-refractivity contribution is -0.253. The summed E-state index contributed by atoms with van der Waals surface area (Å²) in [5.41, 5.74) is 5.56. The van der Waals surface area contributed by atoms with Gasteiger partial charge in [-0.25, -0.2) is 0 Å². The summed E-state index contributed by atoms with van der Waals surface area (Å²) in [4.78, 5) is 25.6. The number of aliphatic hydroxyl groups excluding tert-OH is 1. The molecule has 0 aliphatic carbocycles. The Morgan fingerprint density at radius 2 is 1.41 bits per heavy atom. The van der Waals surface area contributed by atoms with Crippen molar-refractivity contribution in [3.63, 3.8) is 0 Å². The van der Waals surface area contributed by atoms with Gasteiger partial charge in [0.1, 0.15) is 0 Å². The third-order valence-electron chi connectivity index (χ3n) is 7.58. The zero-order chi connectivity index (χ0) is 30.7. The number of carboxylic acids is 1. The smallest absolute Gasteiger partial charge is 0.303 e. The standard InChI is InChI=1S/C36H38N2O6/c39-25-28-14-16-29(17-15-28)33-21-32(24-38(22-26-8-3-1-4-9-26)23-27-10-5-2-6-11-27)43-36(44-33)30-12-7-13-31(20-30)37-34(40)18-19-35(41)42/h1-17,20,32-33,36,39H,18-19,21-25H2,(H,37,40)(H,41,42)/t32-,33+,36+/m0/s1. The highest BCUT2D eigenvalue weighted by Gasteiger charge is 2.33. The molecule has 8 heteroatoms. The van der Waals surface area contributed by atoms with Crippen molar-refractivity contribution in [2.24, 2.45) is 0 Å². The molecule has 1 amide bonds. The van der Waals surface area contributed by atoms with Crippen LogP contribution in [0.2, 0.25) is 0 Å². The Labute approximate surface area is 257 Å². The number of aliphatic carboxylic acids is 1. The van der Waals surface area contributed by atoms with Crippen molar-refractivity contribution in [1.29, 1.82) is 0 Å². The van der Waals surface area contributed by atoms with E-state index in [0.29, 0.717) is 18.7 Å². The number of nitrogens with one attached hydrogen (secondary N) is 1. The number of carbonyl (C=O) groups excluding carboxylic acids is 1. The van der Waals surface area contributed by atoms with E-state index in [4.69, 9.17) is 14.6 Å². The highest BCUT2D eigenvalue weighted by molar-refractivity contribution is 5.92. The molecular formula is C36H38N2O6. The quantitative estimate of drug-likeness (QED) is 0.168. The zero-order valence-corrected chi connectivity index (χ0v) is 24.5. The van der Waals surface area contributed by atoms with Crippen LogP contribution in [0.1, 0.15) is 59.5 Å². The number of carbonyl (C=O) groups is 2. The van der Waals surface area contributed by atoms with Gasteiger partial charge in [0, 0.05) is 43.7 Å². The van der Waals surface area contributed by atoms with E-state index in [-0.39, 0.29) is 37.6 Å². The summed E-state index contributed by atoms with van der Waals surface area (Å²) in [5.74, 6) is -1.39. The fourth-order valence-electron chi connectivity index (χ4n) is 5.40. The van der Waals surface area contributed by atoms with Crippen molar-refractivity contribution >= 4 is 17.6 Å². The predicted molar refractivity (Wildman–Crippen MR) is 167 cm³/mol. The summed E-state index contributed by atoms with van der Waals surface area (Å²) in [6.07, 6.45) is -0.819. The van der Waals surface area contributed by atoms with Crippen LogP contribution in [0.3, 0.4) is 0 Å². The fraction of sp³-hybridized carbons (Fsp3) is 0.278.